The van der Waals surface area contributed by atoms with E-state index in [4.69, 9.17) is 16.7 Å². The van der Waals surface area contributed by atoms with Gasteiger partial charge in [0.1, 0.15) is 5.69 Å². The van der Waals surface area contributed by atoms with Gasteiger partial charge in [-0.25, -0.2) is 4.79 Å². The zero-order valence-corrected chi connectivity index (χ0v) is 12.6. The Hall–Kier alpha value is -2.27. The van der Waals surface area contributed by atoms with Crippen LogP contribution in [-0.4, -0.2) is 22.0 Å². The maximum Gasteiger partial charge on any atom is 0.352 e. The summed E-state index contributed by atoms with van der Waals surface area (Å²) in [6.07, 6.45) is 0. The SMILES string of the molecule is Cc1cc(Cl)ccc1NC(=O)c1c(C)[nH]c(C(=O)O)c1C. The zero-order chi connectivity index (χ0) is 15.7. The van der Waals surface area contributed by atoms with E-state index in [1.54, 1.807) is 32.0 Å². The lowest BCUT2D eigenvalue weighted by atomic mass is 10.1. The quantitative estimate of drug-likeness (QED) is 0.811. The first-order valence-corrected chi connectivity index (χ1v) is 6.69. The Morgan fingerprint density at radius 1 is 1.24 bits per heavy atom. The zero-order valence-electron chi connectivity index (χ0n) is 11.9. The van der Waals surface area contributed by atoms with E-state index in [0.29, 0.717) is 27.5 Å². The Morgan fingerprint density at radius 2 is 1.90 bits per heavy atom. The molecule has 0 radical (unpaired) electrons. The maximum atomic E-state index is 12.4. The van der Waals surface area contributed by atoms with Crippen molar-refractivity contribution in [1.82, 2.24) is 4.98 Å². The van der Waals surface area contributed by atoms with E-state index in [-0.39, 0.29) is 11.6 Å². The summed E-state index contributed by atoms with van der Waals surface area (Å²) in [6, 6.07) is 5.14. The van der Waals surface area contributed by atoms with Crippen LogP contribution in [0.1, 0.15) is 37.7 Å². The number of anilines is 1. The van der Waals surface area contributed by atoms with Gasteiger partial charge in [-0.3, -0.25) is 4.79 Å². The summed E-state index contributed by atoms with van der Waals surface area (Å²) in [5.74, 6) is -1.43. The number of aryl methyl sites for hydroxylation is 2. The number of nitrogens with one attached hydrogen (secondary N) is 2. The van der Waals surface area contributed by atoms with Gasteiger partial charge in [0.15, 0.2) is 0 Å². The van der Waals surface area contributed by atoms with Crippen molar-refractivity contribution in [2.75, 3.05) is 5.32 Å². The van der Waals surface area contributed by atoms with Crippen LogP contribution in [0.2, 0.25) is 5.02 Å². The number of H-pyrrole nitrogens is 1. The lowest BCUT2D eigenvalue weighted by molar-refractivity contribution is 0.0690. The van der Waals surface area contributed by atoms with Gasteiger partial charge in [-0.15, -0.1) is 0 Å². The molecule has 0 unspecified atom stereocenters. The van der Waals surface area contributed by atoms with Crippen LogP contribution in [0.3, 0.4) is 0 Å². The highest BCUT2D eigenvalue weighted by Gasteiger charge is 2.21. The first-order valence-electron chi connectivity index (χ1n) is 6.31. The first-order chi connectivity index (χ1) is 9.81. The summed E-state index contributed by atoms with van der Waals surface area (Å²) in [6.45, 7) is 5.11. The predicted molar refractivity (Wildman–Crippen MR) is 81.4 cm³/mol. The third kappa shape index (κ3) is 2.92. The van der Waals surface area contributed by atoms with E-state index < -0.39 is 5.97 Å². The molecule has 0 saturated carbocycles. The van der Waals surface area contributed by atoms with Gasteiger partial charge in [-0.2, -0.15) is 0 Å². The number of rotatable bonds is 3. The fourth-order valence-electron chi connectivity index (χ4n) is 2.26. The normalized spacial score (nSPS) is 10.5. The summed E-state index contributed by atoms with van der Waals surface area (Å²) < 4.78 is 0. The number of halogens is 1. The van der Waals surface area contributed by atoms with E-state index in [0.717, 1.165) is 5.56 Å². The number of hydrogen-bond donors (Lipinski definition) is 3. The molecule has 0 aliphatic carbocycles. The molecule has 1 aromatic heterocycles. The van der Waals surface area contributed by atoms with E-state index in [1.807, 2.05) is 6.92 Å². The fraction of sp³-hybridized carbons (Fsp3) is 0.200. The average molecular weight is 307 g/mol. The van der Waals surface area contributed by atoms with Gasteiger partial charge in [0.05, 0.1) is 5.56 Å². The van der Waals surface area contributed by atoms with Gasteiger partial charge in [0.2, 0.25) is 0 Å². The van der Waals surface area contributed by atoms with Crippen molar-refractivity contribution in [1.29, 1.82) is 0 Å². The molecule has 6 heteroatoms. The highest BCUT2D eigenvalue weighted by Crippen LogP contribution is 2.23. The van der Waals surface area contributed by atoms with Crippen molar-refractivity contribution >= 4 is 29.2 Å². The van der Waals surface area contributed by atoms with Crippen LogP contribution in [-0.2, 0) is 0 Å². The lowest BCUT2D eigenvalue weighted by Crippen LogP contribution is -2.14. The molecule has 0 aliphatic rings. The molecule has 1 amide bonds. The second-order valence-electron chi connectivity index (χ2n) is 4.84. The summed E-state index contributed by atoms with van der Waals surface area (Å²) in [4.78, 5) is 26.2. The monoisotopic (exact) mass is 306 g/mol. The molecule has 0 saturated heterocycles. The van der Waals surface area contributed by atoms with E-state index >= 15 is 0 Å². The highest BCUT2D eigenvalue weighted by molar-refractivity contribution is 6.30. The fourth-order valence-corrected chi connectivity index (χ4v) is 2.48. The van der Waals surface area contributed by atoms with Gasteiger partial charge in [-0.1, -0.05) is 11.6 Å². The van der Waals surface area contributed by atoms with Gasteiger partial charge >= 0.3 is 5.97 Å². The molecule has 0 fully saturated rings. The minimum Gasteiger partial charge on any atom is -0.477 e. The third-order valence-corrected chi connectivity index (χ3v) is 3.55. The van der Waals surface area contributed by atoms with Crippen LogP contribution in [0.4, 0.5) is 5.69 Å². The smallest absolute Gasteiger partial charge is 0.352 e. The topological polar surface area (TPSA) is 82.2 Å². The van der Waals surface area contributed by atoms with Gasteiger partial charge in [-0.05, 0) is 50.1 Å². The van der Waals surface area contributed by atoms with Crippen LogP contribution >= 0.6 is 11.6 Å². The Morgan fingerprint density at radius 3 is 2.43 bits per heavy atom. The highest BCUT2D eigenvalue weighted by atomic mass is 35.5. The van der Waals surface area contributed by atoms with Gasteiger partial charge in [0, 0.05) is 16.4 Å². The average Bonchev–Trinajstić information content (AvgIpc) is 2.68. The number of carbonyl (C=O) groups is 2. The number of amides is 1. The number of carbonyl (C=O) groups excluding carboxylic acids is 1. The Kier molecular flexibility index (Phi) is 4.04. The number of aromatic carboxylic acids is 1. The molecule has 1 aromatic carbocycles. The van der Waals surface area contributed by atoms with Crippen LogP contribution in [0.15, 0.2) is 18.2 Å². The van der Waals surface area contributed by atoms with Crippen molar-refractivity contribution < 1.29 is 14.7 Å². The van der Waals surface area contributed by atoms with Crippen molar-refractivity contribution in [2.45, 2.75) is 20.8 Å². The maximum absolute atomic E-state index is 12.4. The molecule has 21 heavy (non-hydrogen) atoms. The molecule has 5 nitrogen and oxygen atoms in total. The molecular formula is C15H15ClN2O3. The van der Waals surface area contributed by atoms with E-state index in [2.05, 4.69) is 10.3 Å². The molecular weight excluding hydrogens is 292 g/mol. The Bertz CT molecular complexity index is 735. The summed E-state index contributed by atoms with van der Waals surface area (Å²) >= 11 is 5.88. The standard InChI is InChI=1S/C15H15ClN2O3/c1-7-6-10(16)4-5-11(7)18-14(19)12-8(2)13(15(20)21)17-9(12)3/h4-6,17H,1-3H3,(H,18,19)(H,20,21). The molecule has 110 valence electrons. The minimum absolute atomic E-state index is 0.0329. The van der Waals surface area contributed by atoms with E-state index in [9.17, 15) is 9.59 Å². The second-order valence-corrected chi connectivity index (χ2v) is 5.28. The van der Waals surface area contributed by atoms with Crippen LogP contribution in [0.25, 0.3) is 0 Å². The Labute approximate surface area is 126 Å². The number of carboxylic acid groups (broad SMARTS) is 1. The minimum atomic E-state index is -1.09. The van der Waals surface area contributed by atoms with Crippen molar-refractivity contribution in [2.24, 2.45) is 0 Å². The molecule has 3 N–H and O–H groups in total. The summed E-state index contributed by atoms with van der Waals surface area (Å²) in [5, 5.41) is 12.4. The molecule has 0 bridgehead atoms. The van der Waals surface area contributed by atoms with Crippen LogP contribution in [0.5, 0.6) is 0 Å². The number of aromatic amines is 1. The number of carboxylic acids is 1. The predicted octanol–water partition coefficient (Wildman–Crippen LogP) is 3.54. The Balaban J connectivity index is 2.35. The molecule has 1 heterocycles. The number of aromatic nitrogens is 1. The van der Waals surface area contributed by atoms with Crippen molar-refractivity contribution in [3.63, 3.8) is 0 Å². The summed E-state index contributed by atoms with van der Waals surface area (Å²) in [7, 11) is 0. The van der Waals surface area contributed by atoms with Crippen LogP contribution < -0.4 is 5.32 Å². The lowest BCUT2D eigenvalue weighted by Gasteiger charge is -2.09. The number of benzene rings is 1. The molecule has 2 rings (SSSR count). The van der Waals surface area contributed by atoms with Crippen molar-refractivity contribution in [3.8, 4) is 0 Å². The van der Waals surface area contributed by atoms with Crippen LogP contribution in [0, 0.1) is 20.8 Å². The molecule has 0 aliphatic heterocycles. The van der Waals surface area contributed by atoms with Gasteiger partial charge < -0.3 is 15.4 Å². The molecule has 0 atom stereocenters. The molecule has 0 spiro atoms. The first kappa shape index (κ1) is 15.1. The third-order valence-electron chi connectivity index (χ3n) is 3.32. The van der Waals surface area contributed by atoms with Crippen molar-refractivity contribution in [3.05, 3.63) is 51.3 Å². The van der Waals surface area contributed by atoms with Gasteiger partial charge in [0.25, 0.3) is 5.91 Å². The van der Waals surface area contributed by atoms with E-state index in [1.165, 1.54) is 0 Å². The second kappa shape index (κ2) is 5.61. The number of hydrogen-bond acceptors (Lipinski definition) is 2. The largest absolute Gasteiger partial charge is 0.477 e. The molecule has 2 aromatic rings. The summed E-state index contributed by atoms with van der Waals surface area (Å²) in [5.41, 5.74) is 2.80.